The third-order valence-electron chi connectivity index (χ3n) is 5.43. The summed E-state index contributed by atoms with van der Waals surface area (Å²) in [5.41, 5.74) is 0.980. The first-order valence-corrected chi connectivity index (χ1v) is 11.8. The summed E-state index contributed by atoms with van der Waals surface area (Å²) < 4.78 is 32.1. The molecule has 3 rings (SSSR count). The third-order valence-corrected chi connectivity index (χ3v) is 7.81. The van der Waals surface area contributed by atoms with Crippen LogP contribution in [0.2, 0.25) is 5.02 Å². The molecule has 1 heterocycles. The minimum Gasteiger partial charge on any atom is -0.452 e. The molecule has 1 aliphatic rings. The van der Waals surface area contributed by atoms with Crippen LogP contribution < -0.4 is 0 Å². The zero-order valence-electron chi connectivity index (χ0n) is 17.5. The van der Waals surface area contributed by atoms with Crippen LogP contribution in [0.5, 0.6) is 0 Å². The van der Waals surface area contributed by atoms with Crippen molar-refractivity contribution >= 4 is 33.5 Å². The number of rotatable bonds is 7. The van der Waals surface area contributed by atoms with Crippen molar-refractivity contribution in [1.29, 1.82) is 0 Å². The van der Waals surface area contributed by atoms with E-state index in [0.29, 0.717) is 13.1 Å². The molecule has 1 fully saturated rings. The molecular weight excluding hydrogens is 440 g/mol. The van der Waals surface area contributed by atoms with Gasteiger partial charge in [-0.3, -0.25) is 4.79 Å². The number of carbonyl (C=O) groups is 2. The van der Waals surface area contributed by atoms with Crippen LogP contribution in [0, 0.1) is 0 Å². The number of hydrogen-bond acceptors (Lipinski definition) is 5. The van der Waals surface area contributed by atoms with E-state index in [2.05, 4.69) is 0 Å². The highest BCUT2D eigenvalue weighted by Crippen LogP contribution is 2.28. The van der Waals surface area contributed by atoms with Gasteiger partial charge in [0.15, 0.2) is 6.61 Å². The van der Waals surface area contributed by atoms with Crippen molar-refractivity contribution in [2.45, 2.75) is 30.7 Å². The summed E-state index contributed by atoms with van der Waals surface area (Å²) in [4.78, 5) is 26.3. The molecule has 0 N–H and O–H groups in total. The first kappa shape index (κ1) is 23.2. The summed E-state index contributed by atoms with van der Waals surface area (Å²) >= 11 is 6.11. The average molecular weight is 465 g/mol. The molecule has 1 aliphatic heterocycles. The van der Waals surface area contributed by atoms with Crippen LogP contribution in [-0.2, 0) is 19.6 Å². The smallest absolute Gasteiger partial charge is 0.338 e. The maximum atomic E-state index is 12.8. The molecule has 0 aromatic heterocycles. The van der Waals surface area contributed by atoms with E-state index in [0.717, 1.165) is 18.4 Å². The van der Waals surface area contributed by atoms with Gasteiger partial charge in [0.1, 0.15) is 4.90 Å². The highest BCUT2D eigenvalue weighted by Gasteiger charge is 2.30. The van der Waals surface area contributed by atoms with Crippen LogP contribution in [0.1, 0.15) is 41.7 Å². The number of benzene rings is 2. The van der Waals surface area contributed by atoms with E-state index >= 15 is 0 Å². The molecule has 166 valence electrons. The SMILES string of the molecule is CC(c1ccccc1)N(C)C(=O)COC(=O)c1ccc(Cl)c(S(=O)(=O)N2CCCC2)c1. The zero-order chi connectivity index (χ0) is 22.6. The lowest BCUT2D eigenvalue weighted by Gasteiger charge is -2.25. The second-order valence-corrected chi connectivity index (χ2v) is 9.74. The number of halogens is 1. The number of hydrogen-bond donors (Lipinski definition) is 0. The van der Waals surface area contributed by atoms with Gasteiger partial charge in [-0.1, -0.05) is 41.9 Å². The molecule has 31 heavy (non-hydrogen) atoms. The van der Waals surface area contributed by atoms with Gasteiger partial charge in [0.25, 0.3) is 5.91 Å². The normalized spacial score (nSPS) is 15.5. The highest BCUT2D eigenvalue weighted by molar-refractivity contribution is 7.89. The van der Waals surface area contributed by atoms with Crippen molar-refractivity contribution in [1.82, 2.24) is 9.21 Å². The molecule has 1 atom stereocenters. The molecular formula is C22H25ClN2O5S. The first-order valence-electron chi connectivity index (χ1n) is 9.99. The zero-order valence-corrected chi connectivity index (χ0v) is 19.0. The number of likely N-dealkylation sites (N-methyl/N-ethyl adjacent to an activating group) is 1. The molecule has 2 aromatic rings. The Morgan fingerprint density at radius 2 is 1.77 bits per heavy atom. The van der Waals surface area contributed by atoms with Crippen LogP contribution in [0.15, 0.2) is 53.4 Å². The highest BCUT2D eigenvalue weighted by atomic mass is 35.5. The Hall–Kier alpha value is -2.42. The summed E-state index contributed by atoms with van der Waals surface area (Å²) in [6.45, 7) is 2.27. The summed E-state index contributed by atoms with van der Waals surface area (Å²) in [6.07, 6.45) is 1.57. The molecule has 0 saturated carbocycles. The van der Waals surface area contributed by atoms with Gasteiger partial charge in [0.05, 0.1) is 16.6 Å². The van der Waals surface area contributed by atoms with Crippen molar-refractivity contribution in [3.8, 4) is 0 Å². The third kappa shape index (κ3) is 5.26. The molecule has 2 aromatic carbocycles. The number of ether oxygens (including phenoxy) is 1. The molecule has 1 saturated heterocycles. The van der Waals surface area contributed by atoms with Gasteiger partial charge in [0.2, 0.25) is 10.0 Å². The Morgan fingerprint density at radius 1 is 1.13 bits per heavy atom. The van der Waals surface area contributed by atoms with Crippen LogP contribution >= 0.6 is 11.6 Å². The lowest BCUT2D eigenvalue weighted by atomic mass is 10.1. The topological polar surface area (TPSA) is 84.0 Å². The second-order valence-electron chi connectivity index (χ2n) is 7.42. The Morgan fingerprint density at radius 3 is 2.42 bits per heavy atom. The minimum atomic E-state index is -3.79. The van der Waals surface area contributed by atoms with Crippen molar-refractivity contribution < 1.29 is 22.7 Å². The quantitative estimate of drug-likeness (QED) is 0.585. The predicted octanol–water partition coefficient (Wildman–Crippen LogP) is 3.50. The average Bonchev–Trinajstić information content (AvgIpc) is 3.33. The first-order chi connectivity index (χ1) is 14.7. The second kappa shape index (κ2) is 9.80. The summed E-state index contributed by atoms with van der Waals surface area (Å²) in [5.74, 6) is -1.16. The van der Waals surface area contributed by atoms with Gasteiger partial charge >= 0.3 is 5.97 Å². The maximum Gasteiger partial charge on any atom is 0.338 e. The summed E-state index contributed by atoms with van der Waals surface area (Å²) in [5, 5.41) is 0.0379. The van der Waals surface area contributed by atoms with Crippen LogP contribution in [0.3, 0.4) is 0 Å². The van der Waals surface area contributed by atoms with Crippen molar-refractivity contribution in [3.63, 3.8) is 0 Å². The van der Waals surface area contributed by atoms with Gasteiger partial charge < -0.3 is 9.64 Å². The maximum absolute atomic E-state index is 12.8. The number of esters is 1. The van der Waals surface area contributed by atoms with Gasteiger partial charge in [-0.25, -0.2) is 13.2 Å². The number of amides is 1. The lowest BCUT2D eigenvalue weighted by Crippen LogP contribution is -2.33. The minimum absolute atomic E-state index is 0.0220. The van der Waals surface area contributed by atoms with Crippen molar-refractivity contribution in [2.24, 2.45) is 0 Å². The lowest BCUT2D eigenvalue weighted by molar-refractivity contribution is -0.135. The molecule has 0 bridgehead atoms. The fourth-order valence-electron chi connectivity index (χ4n) is 3.38. The fourth-order valence-corrected chi connectivity index (χ4v) is 5.40. The van der Waals surface area contributed by atoms with Crippen LogP contribution in [0.4, 0.5) is 0 Å². The van der Waals surface area contributed by atoms with Gasteiger partial charge in [0, 0.05) is 20.1 Å². The molecule has 0 aliphatic carbocycles. The van der Waals surface area contributed by atoms with E-state index in [-0.39, 0.29) is 27.4 Å². The van der Waals surface area contributed by atoms with Gasteiger partial charge in [-0.15, -0.1) is 0 Å². The largest absolute Gasteiger partial charge is 0.452 e. The molecule has 1 unspecified atom stereocenters. The van der Waals surface area contributed by atoms with E-state index in [1.165, 1.54) is 27.4 Å². The Labute approximate surface area is 187 Å². The van der Waals surface area contributed by atoms with E-state index in [1.54, 1.807) is 7.05 Å². The fraction of sp³-hybridized carbons (Fsp3) is 0.364. The van der Waals surface area contributed by atoms with E-state index in [4.69, 9.17) is 16.3 Å². The summed E-state index contributed by atoms with van der Waals surface area (Å²) in [6, 6.07) is 13.2. The van der Waals surface area contributed by atoms with E-state index < -0.39 is 22.6 Å². The summed E-state index contributed by atoms with van der Waals surface area (Å²) in [7, 11) is -2.16. The Balaban J connectivity index is 1.67. The van der Waals surface area contributed by atoms with Crippen LogP contribution in [0.25, 0.3) is 0 Å². The number of carbonyl (C=O) groups excluding carboxylic acids is 2. The monoisotopic (exact) mass is 464 g/mol. The van der Waals surface area contributed by atoms with Gasteiger partial charge in [-0.05, 0) is 43.5 Å². The van der Waals surface area contributed by atoms with E-state index in [1.807, 2.05) is 37.3 Å². The molecule has 0 radical (unpaired) electrons. The van der Waals surface area contributed by atoms with Crippen molar-refractivity contribution in [2.75, 3.05) is 26.7 Å². The Kier molecular flexibility index (Phi) is 7.35. The molecule has 0 spiro atoms. The molecule has 9 heteroatoms. The predicted molar refractivity (Wildman–Crippen MR) is 117 cm³/mol. The molecule has 7 nitrogen and oxygen atoms in total. The number of sulfonamides is 1. The number of nitrogens with zero attached hydrogens (tertiary/aromatic N) is 2. The molecule has 1 amide bonds. The standard InChI is InChI=1S/C22H25ClN2O5S/c1-16(17-8-4-3-5-9-17)24(2)21(26)15-30-22(27)18-10-11-19(23)20(14-18)31(28,29)25-12-6-7-13-25/h3-5,8-11,14,16H,6-7,12-13,15H2,1-2H3. The Bertz CT molecular complexity index is 1050. The van der Waals surface area contributed by atoms with Crippen molar-refractivity contribution in [3.05, 3.63) is 64.7 Å². The van der Waals surface area contributed by atoms with E-state index in [9.17, 15) is 18.0 Å². The van der Waals surface area contributed by atoms with Crippen LogP contribution in [-0.4, -0.2) is 56.2 Å². The van der Waals surface area contributed by atoms with Gasteiger partial charge in [-0.2, -0.15) is 4.31 Å².